The van der Waals surface area contributed by atoms with Gasteiger partial charge in [0, 0.05) is 24.7 Å². The van der Waals surface area contributed by atoms with Crippen molar-refractivity contribution in [3.05, 3.63) is 28.8 Å². The predicted octanol–water partition coefficient (Wildman–Crippen LogP) is 1.61. The van der Waals surface area contributed by atoms with Crippen LogP contribution in [0.1, 0.15) is 23.2 Å². The van der Waals surface area contributed by atoms with Gasteiger partial charge < -0.3 is 15.7 Å². The Morgan fingerprint density at radius 1 is 1.53 bits per heavy atom. The first-order chi connectivity index (χ1) is 8.08. The molecule has 0 radical (unpaired) electrons. The first-order valence-electron chi connectivity index (χ1n) is 5.61. The van der Waals surface area contributed by atoms with Crippen LogP contribution in [0.3, 0.4) is 0 Å². The van der Waals surface area contributed by atoms with Crippen molar-refractivity contribution < 1.29 is 9.90 Å². The first kappa shape index (κ1) is 12.2. The normalized spacial score (nSPS) is 20.4. The van der Waals surface area contributed by atoms with Gasteiger partial charge in [-0.15, -0.1) is 0 Å². The van der Waals surface area contributed by atoms with Gasteiger partial charge in [0.15, 0.2) is 0 Å². The Bertz CT molecular complexity index is 437. The summed E-state index contributed by atoms with van der Waals surface area (Å²) in [7, 11) is 0. The zero-order valence-electron chi connectivity index (χ0n) is 9.40. The second kappa shape index (κ2) is 4.94. The summed E-state index contributed by atoms with van der Waals surface area (Å²) >= 11 is 5.78. The summed E-state index contributed by atoms with van der Waals surface area (Å²) in [5.74, 6) is -0.0967. The zero-order chi connectivity index (χ0) is 12.4. The number of phenols is 1. The van der Waals surface area contributed by atoms with Crippen molar-refractivity contribution in [2.75, 3.05) is 13.1 Å². The van der Waals surface area contributed by atoms with Crippen molar-refractivity contribution >= 4 is 17.5 Å². The summed E-state index contributed by atoms with van der Waals surface area (Å²) in [6.45, 7) is 1.31. The van der Waals surface area contributed by atoms with Gasteiger partial charge in [0.1, 0.15) is 5.75 Å². The van der Waals surface area contributed by atoms with E-state index in [2.05, 4.69) is 0 Å². The molecule has 3 N–H and O–H groups in total. The number of phenolic OH excluding ortho intramolecular Hbond substituents is 1. The molecule has 5 heteroatoms. The first-order valence-corrected chi connectivity index (χ1v) is 5.99. The standard InChI is InChI=1S/C12H15ClN2O2/c13-10-6-8(3-4-11(10)16)12(17)15-5-1-2-9(14)7-15/h3-4,6,9,16H,1-2,5,7,14H2/t9-/m1/s1. The van der Waals surface area contributed by atoms with Crippen LogP contribution in [0.2, 0.25) is 5.02 Å². The Morgan fingerprint density at radius 2 is 2.29 bits per heavy atom. The lowest BCUT2D eigenvalue weighted by Gasteiger charge is -2.30. The Labute approximate surface area is 105 Å². The lowest BCUT2D eigenvalue weighted by molar-refractivity contribution is 0.0709. The number of amides is 1. The van der Waals surface area contributed by atoms with Crippen molar-refractivity contribution in [1.82, 2.24) is 4.90 Å². The number of likely N-dealkylation sites (tertiary alicyclic amines) is 1. The second-order valence-corrected chi connectivity index (χ2v) is 4.73. The molecular formula is C12H15ClN2O2. The topological polar surface area (TPSA) is 66.6 Å². The molecule has 0 spiro atoms. The number of carbonyl (C=O) groups is 1. The molecule has 0 aromatic heterocycles. The minimum absolute atomic E-state index is 0.0152. The molecule has 1 fully saturated rings. The average Bonchev–Trinajstić information content (AvgIpc) is 2.32. The van der Waals surface area contributed by atoms with Gasteiger partial charge in [-0.3, -0.25) is 4.79 Å². The maximum atomic E-state index is 12.1. The number of benzene rings is 1. The fourth-order valence-corrected chi connectivity index (χ4v) is 2.20. The maximum Gasteiger partial charge on any atom is 0.253 e. The SMILES string of the molecule is N[C@@H]1CCCN(C(=O)c2ccc(O)c(Cl)c2)C1. The lowest BCUT2D eigenvalue weighted by Crippen LogP contribution is -2.45. The van der Waals surface area contributed by atoms with E-state index < -0.39 is 0 Å². The van der Waals surface area contributed by atoms with Gasteiger partial charge in [-0.2, -0.15) is 0 Å². The number of rotatable bonds is 1. The van der Waals surface area contributed by atoms with Crippen molar-refractivity contribution in [2.24, 2.45) is 5.73 Å². The molecule has 1 aromatic carbocycles. The molecule has 1 aromatic rings. The van der Waals surface area contributed by atoms with Crippen LogP contribution in [-0.2, 0) is 0 Å². The van der Waals surface area contributed by atoms with E-state index in [0.717, 1.165) is 19.4 Å². The van der Waals surface area contributed by atoms with Gasteiger partial charge >= 0.3 is 0 Å². The van der Waals surface area contributed by atoms with Crippen molar-refractivity contribution in [3.8, 4) is 5.75 Å². The molecule has 1 amide bonds. The zero-order valence-corrected chi connectivity index (χ0v) is 10.2. The van der Waals surface area contributed by atoms with Gasteiger partial charge in [0.05, 0.1) is 5.02 Å². The average molecular weight is 255 g/mol. The number of hydrogen-bond donors (Lipinski definition) is 2. The summed E-state index contributed by atoms with van der Waals surface area (Å²) in [5, 5.41) is 9.49. The van der Waals surface area contributed by atoms with Gasteiger partial charge in [-0.05, 0) is 31.0 Å². The highest BCUT2D eigenvalue weighted by molar-refractivity contribution is 6.32. The predicted molar refractivity (Wildman–Crippen MR) is 66.2 cm³/mol. The summed E-state index contributed by atoms with van der Waals surface area (Å²) < 4.78 is 0. The monoisotopic (exact) mass is 254 g/mol. The summed E-state index contributed by atoms with van der Waals surface area (Å²) in [6.07, 6.45) is 1.89. The second-order valence-electron chi connectivity index (χ2n) is 4.32. The molecule has 1 aliphatic heterocycles. The molecule has 2 rings (SSSR count). The lowest BCUT2D eigenvalue weighted by atomic mass is 10.1. The fourth-order valence-electron chi connectivity index (χ4n) is 2.02. The van der Waals surface area contributed by atoms with Gasteiger partial charge in [-0.25, -0.2) is 0 Å². The van der Waals surface area contributed by atoms with Crippen molar-refractivity contribution in [3.63, 3.8) is 0 Å². The van der Waals surface area contributed by atoms with Crippen LogP contribution in [0.25, 0.3) is 0 Å². The van der Waals surface area contributed by atoms with Crippen LogP contribution in [-0.4, -0.2) is 35.0 Å². The number of nitrogens with two attached hydrogens (primary N) is 1. The van der Waals surface area contributed by atoms with Crippen LogP contribution in [0.15, 0.2) is 18.2 Å². The van der Waals surface area contributed by atoms with E-state index in [-0.39, 0.29) is 22.7 Å². The molecule has 1 heterocycles. The highest BCUT2D eigenvalue weighted by Gasteiger charge is 2.22. The quantitative estimate of drug-likeness (QED) is 0.800. The Morgan fingerprint density at radius 3 is 2.94 bits per heavy atom. The Hall–Kier alpha value is -1.26. The van der Waals surface area contributed by atoms with Crippen LogP contribution < -0.4 is 5.73 Å². The van der Waals surface area contributed by atoms with E-state index in [4.69, 9.17) is 17.3 Å². The van der Waals surface area contributed by atoms with E-state index in [1.54, 1.807) is 11.0 Å². The van der Waals surface area contributed by atoms with E-state index in [0.29, 0.717) is 12.1 Å². The van der Waals surface area contributed by atoms with Crippen LogP contribution >= 0.6 is 11.6 Å². The number of piperidine rings is 1. The minimum atomic E-state index is -0.0814. The molecule has 0 saturated carbocycles. The van der Waals surface area contributed by atoms with E-state index in [1.807, 2.05) is 0 Å². The third kappa shape index (κ3) is 2.70. The number of halogens is 1. The van der Waals surface area contributed by atoms with Gasteiger partial charge in [0.25, 0.3) is 5.91 Å². The third-order valence-electron chi connectivity index (χ3n) is 2.94. The van der Waals surface area contributed by atoms with Crippen molar-refractivity contribution in [1.29, 1.82) is 0 Å². The van der Waals surface area contributed by atoms with Gasteiger partial charge in [0.2, 0.25) is 0 Å². The molecular weight excluding hydrogens is 240 g/mol. The van der Waals surface area contributed by atoms with Crippen molar-refractivity contribution in [2.45, 2.75) is 18.9 Å². The molecule has 1 saturated heterocycles. The number of carbonyl (C=O) groups excluding carboxylic acids is 1. The molecule has 92 valence electrons. The summed E-state index contributed by atoms with van der Waals surface area (Å²) in [6, 6.07) is 4.54. The molecule has 17 heavy (non-hydrogen) atoms. The Kier molecular flexibility index (Phi) is 3.54. The van der Waals surface area contributed by atoms with E-state index >= 15 is 0 Å². The highest BCUT2D eigenvalue weighted by atomic mass is 35.5. The fraction of sp³-hybridized carbons (Fsp3) is 0.417. The van der Waals surface area contributed by atoms with Crippen LogP contribution in [0, 0.1) is 0 Å². The highest BCUT2D eigenvalue weighted by Crippen LogP contribution is 2.24. The third-order valence-corrected chi connectivity index (χ3v) is 3.24. The maximum absolute atomic E-state index is 12.1. The van der Waals surface area contributed by atoms with Crippen LogP contribution in [0.4, 0.5) is 0 Å². The molecule has 0 bridgehead atoms. The number of nitrogens with zero attached hydrogens (tertiary/aromatic N) is 1. The summed E-state index contributed by atoms with van der Waals surface area (Å²) in [4.78, 5) is 13.9. The molecule has 1 atom stereocenters. The van der Waals surface area contributed by atoms with Crippen LogP contribution in [0.5, 0.6) is 5.75 Å². The van der Waals surface area contributed by atoms with E-state index in [1.165, 1.54) is 12.1 Å². The van der Waals surface area contributed by atoms with Gasteiger partial charge in [-0.1, -0.05) is 11.6 Å². The summed E-state index contributed by atoms with van der Waals surface area (Å²) in [5.41, 5.74) is 6.32. The molecule has 0 aliphatic carbocycles. The number of hydrogen-bond acceptors (Lipinski definition) is 3. The minimum Gasteiger partial charge on any atom is -0.506 e. The molecule has 4 nitrogen and oxygen atoms in total. The Balaban J connectivity index is 2.15. The largest absolute Gasteiger partial charge is 0.506 e. The smallest absolute Gasteiger partial charge is 0.253 e. The van der Waals surface area contributed by atoms with E-state index in [9.17, 15) is 9.90 Å². The number of aromatic hydroxyl groups is 1. The molecule has 1 aliphatic rings. The molecule has 0 unspecified atom stereocenters.